The zero-order valence-electron chi connectivity index (χ0n) is 23.1. The molecular formula is C29H39N5O4. The van der Waals surface area contributed by atoms with Crippen LogP contribution in [0, 0.1) is 0 Å². The Kier molecular flexibility index (Phi) is 6.98. The van der Waals surface area contributed by atoms with Gasteiger partial charge in [-0.2, -0.15) is 0 Å². The van der Waals surface area contributed by atoms with E-state index in [9.17, 15) is 4.79 Å². The maximum atomic E-state index is 12.5. The van der Waals surface area contributed by atoms with Gasteiger partial charge in [0.2, 0.25) is 0 Å². The molecule has 1 aromatic carbocycles. The Hall–Kier alpha value is -3.33. The van der Waals surface area contributed by atoms with Gasteiger partial charge in [-0.15, -0.1) is 0 Å². The van der Waals surface area contributed by atoms with Crippen molar-refractivity contribution in [3.8, 4) is 16.9 Å². The minimum atomic E-state index is -0.507. The summed E-state index contributed by atoms with van der Waals surface area (Å²) in [6.45, 7) is 11.7. The lowest BCUT2D eigenvalue weighted by Crippen LogP contribution is -2.42. The number of piperidine rings is 1. The highest BCUT2D eigenvalue weighted by atomic mass is 16.6. The van der Waals surface area contributed by atoms with Gasteiger partial charge in [0.15, 0.2) is 0 Å². The molecule has 9 heteroatoms. The van der Waals surface area contributed by atoms with Crippen LogP contribution < -0.4 is 10.5 Å². The molecule has 2 N–H and O–H groups in total. The Morgan fingerprint density at radius 1 is 1.18 bits per heavy atom. The Balaban J connectivity index is 1.36. The number of amides is 1. The van der Waals surface area contributed by atoms with E-state index in [2.05, 4.69) is 40.6 Å². The van der Waals surface area contributed by atoms with Gasteiger partial charge < -0.3 is 29.4 Å². The molecule has 4 heterocycles. The predicted molar refractivity (Wildman–Crippen MR) is 147 cm³/mol. The first-order valence-corrected chi connectivity index (χ1v) is 13.5. The van der Waals surface area contributed by atoms with Crippen LogP contribution in [-0.2, 0) is 9.47 Å². The van der Waals surface area contributed by atoms with Gasteiger partial charge in [-0.3, -0.25) is 0 Å². The van der Waals surface area contributed by atoms with Crippen molar-refractivity contribution in [2.45, 2.75) is 83.6 Å². The first kappa shape index (κ1) is 26.3. The summed E-state index contributed by atoms with van der Waals surface area (Å²) in [5, 5.41) is 0.833. The van der Waals surface area contributed by atoms with E-state index in [1.165, 1.54) is 6.33 Å². The van der Waals surface area contributed by atoms with Crippen molar-refractivity contribution < 1.29 is 19.0 Å². The quantitative estimate of drug-likeness (QED) is 0.467. The number of aromatic nitrogens is 3. The number of carbonyl (C=O) groups is 1. The van der Waals surface area contributed by atoms with Crippen LogP contribution in [0.15, 0.2) is 36.8 Å². The summed E-state index contributed by atoms with van der Waals surface area (Å²) in [4.78, 5) is 23.2. The van der Waals surface area contributed by atoms with Gasteiger partial charge in [0.25, 0.3) is 0 Å². The van der Waals surface area contributed by atoms with Gasteiger partial charge in [0.05, 0.1) is 17.1 Å². The normalized spacial score (nSPS) is 20.1. The average Bonchev–Trinajstić information content (AvgIpc) is 3.43. The smallest absolute Gasteiger partial charge is 0.410 e. The lowest BCUT2D eigenvalue weighted by atomic mass is 10.0. The largest absolute Gasteiger partial charge is 0.491 e. The lowest BCUT2D eigenvalue weighted by Gasteiger charge is -2.34. The third-order valence-corrected chi connectivity index (χ3v) is 7.28. The molecule has 9 nitrogen and oxygen atoms in total. The van der Waals surface area contributed by atoms with Crippen molar-refractivity contribution in [1.29, 1.82) is 0 Å². The highest BCUT2D eigenvalue weighted by Crippen LogP contribution is 2.38. The van der Waals surface area contributed by atoms with Crippen LogP contribution in [0.2, 0.25) is 0 Å². The van der Waals surface area contributed by atoms with E-state index in [0.29, 0.717) is 25.5 Å². The summed E-state index contributed by atoms with van der Waals surface area (Å²) in [5.41, 5.74) is 8.55. The van der Waals surface area contributed by atoms with Crippen molar-refractivity contribution in [2.24, 2.45) is 0 Å². The van der Waals surface area contributed by atoms with Gasteiger partial charge in [0.1, 0.15) is 35.7 Å². The maximum Gasteiger partial charge on any atom is 0.410 e. The molecule has 1 amide bonds. The monoisotopic (exact) mass is 521 g/mol. The van der Waals surface area contributed by atoms with Crippen molar-refractivity contribution in [1.82, 2.24) is 19.4 Å². The Bertz CT molecular complexity index is 1300. The molecule has 2 aliphatic rings. The van der Waals surface area contributed by atoms with Gasteiger partial charge in [-0.25, -0.2) is 14.8 Å². The van der Waals surface area contributed by atoms with Crippen LogP contribution in [0.3, 0.4) is 0 Å². The van der Waals surface area contributed by atoms with Crippen LogP contribution in [0.25, 0.3) is 22.2 Å². The summed E-state index contributed by atoms with van der Waals surface area (Å²) >= 11 is 0. The highest BCUT2D eigenvalue weighted by Gasteiger charge is 2.32. The Morgan fingerprint density at radius 3 is 2.63 bits per heavy atom. The average molecular weight is 522 g/mol. The van der Waals surface area contributed by atoms with Crippen LogP contribution >= 0.6 is 0 Å². The number of anilines is 1. The minimum absolute atomic E-state index is 0.0850. The number of nitrogens with zero attached hydrogens (tertiary/aromatic N) is 4. The first-order chi connectivity index (χ1) is 18.0. The third-order valence-electron chi connectivity index (χ3n) is 7.28. The number of benzene rings is 1. The number of nitrogens with two attached hydrogens (primary N) is 1. The fourth-order valence-corrected chi connectivity index (χ4v) is 5.40. The molecular weight excluding hydrogens is 482 g/mol. The number of carbonyl (C=O) groups excluding carboxylic acids is 1. The summed E-state index contributed by atoms with van der Waals surface area (Å²) < 4.78 is 20.0. The Labute approximate surface area is 224 Å². The zero-order chi connectivity index (χ0) is 27.1. The molecule has 2 aliphatic heterocycles. The minimum Gasteiger partial charge on any atom is -0.491 e. The van der Waals surface area contributed by atoms with E-state index < -0.39 is 5.60 Å². The van der Waals surface area contributed by atoms with Crippen molar-refractivity contribution in [2.75, 3.05) is 25.4 Å². The molecule has 0 radical (unpaired) electrons. The first-order valence-electron chi connectivity index (χ1n) is 13.5. The van der Waals surface area contributed by atoms with Gasteiger partial charge in [-0.1, -0.05) is 12.1 Å². The third kappa shape index (κ3) is 5.72. The van der Waals surface area contributed by atoms with E-state index in [4.69, 9.17) is 19.9 Å². The molecule has 0 spiro atoms. The SMILES string of the molecule is CC(C)(C)OC(=O)N1CCC(n2cc(-c3cccc(OCC4CCC(C)(C)O4)c3)c3c(N)ncnc32)CC1. The number of likely N-dealkylation sites (tertiary alicyclic amines) is 1. The summed E-state index contributed by atoms with van der Waals surface area (Å²) in [5.74, 6) is 1.24. The van der Waals surface area contributed by atoms with Gasteiger partial charge in [0, 0.05) is 30.9 Å². The van der Waals surface area contributed by atoms with Crippen LogP contribution in [-0.4, -0.2) is 62.5 Å². The number of hydrogen-bond acceptors (Lipinski definition) is 7. The summed E-state index contributed by atoms with van der Waals surface area (Å²) in [6.07, 6.45) is 7.11. The van der Waals surface area contributed by atoms with E-state index in [1.54, 1.807) is 4.90 Å². The second-order valence-electron chi connectivity index (χ2n) is 12.0. The number of nitrogen functional groups attached to an aromatic ring is 1. The molecule has 2 aromatic heterocycles. The summed E-state index contributed by atoms with van der Waals surface area (Å²) in [6, 6.07) is 8.23. The molecule has 38 heavy (non-hydrogen) atoms. The fourth-order valence-electron chi connectivity index (χ4n) is 5.40. The van der Waals surface area contributed by atoms with Crippen LogP contribution in [0.1, 0.15) is 66.3 Å². The number of fused-ring (bicyclic) bond motifs is 1. The molecule has 204 valence electrons. The van der Waals surface area contributed by atoms with Crippen LogP contribution in [0.4, 0.5) is 10.6 Å². The molecule has 0 aliphatic carbocycles. The molecule has 0 bridgehead atoms. The number of ether oxygens (including phenoxy) is 3. The molecule has 2 fully saturated rings. The van der Waals surface area contributed by atoms with E-state index in [1.807, 2.05) is 39.0 Å². The molecule has 1 atom stereocenters. The van der Waals surface area contributed by atoms with Gasteiger partial charge in [-0.05, 0) is 78.0 Å². The van der Waals surface area contributed by atoms with E-state index >= 15 is 0 Å². The highest BCUT2D eigenvalue weighted by molar-refractivity contribution is 6.00. The van der Waals surface area contributed by atoms with E-state index in [-0.39, 0.29) is 23.8 Å². The van der Waals surface area contributed by atoms with Crippen molar-refractivity contribution in [3.05, 3.63) is 36.8 Å². The van der Waals surface area contributed by atoms with Crippen LogP contribution in [0.5, 0.6) is 5.75 Å². The fraction of sp³-hybridized carbons (Fsp3) is 0.552. The molecule has 5 rings (SSSR count). The number of rotatable bonds is 5. The Morgan fingerprint density at radius 2 is 1.95 bits per heavy atom. The molecule has 3 aromatic rings. The molecule has 0 saturated carbocycles. The standard InChI is InChI=1S/C29H39N5O4/c1-28(2,3)38-27(35)33-13-10-20(11-14-33)34-16-23(24-25(30)31-18-32-26(24)34)19-7-6-8-21(15-19)36-17-22-9-12-29(4,5)37-22/h6-8,15-16,18,20,22H,9-14,17H2,1-5H3,(H2,30,31,32). The van der Waals surface area contributed by atoms with Crippen molar-refractivity contribution in [3.63, 3.8) is 0 Å². The predicted octanol–water partition coefficient (Wildman–Crippen LogP) is 5.59. The summed E-state index contributed by atoms with van der Waals surface area (Å²) in [7, 11) is 0. The van der Waals surface area contributed by atoms with E-state index in [0.717, 1.165) is 53.6 Å². The second kappa shape index (κ2) is 10.1. The van der Waals surface area contributed by atoms with Gasteiger partial charge >= 0.3 is 6.09 Å². The van der Waals surface area contributed by atoms with Crippen molar-refractivity contribution >= 4 is 22.9 Å². The molecule has 2 saturated heterocycles. The lowest BCUT2D eigenvalue weighted by molar-refractivity contribution is -0.0326. The number of hydrogen-bond donors (Lipinski definition) is 1. The second-order valence-corrected chi connectivity index (χ2v) is 12.0. The zero-order valence-corrected chi connectivity index (χ0v) is 23.1. The topological polar surface area (TPSA) is 105 Å². The maximum absolute atomic E-state index is 12.5. The molecule has 1 unspecified atom stereocenters.